The van der Waals surface area contributed by atoms with E-state index in [1.165, 1.54) is 48.0 Å². The monoisotopic (exact) mass is 669 g/mol. The molecule has 240 valence electrons. The smallest absolute Gasteiger partial charge is 0.137 e. The van der Waals surface area contributed by atoms with Crippen LogP contribution in [0.1, 0.15) is 0 Å². The van der Waals surface area contributed by atoms with Gasteiger partial charge < -0.3 is 9.32 Å². The van der Waals surface area contributed by atoms with Gasteiger partial charge in [-0.05, 0) is 88.0 Å². The predicted octanol–water partition coefficient (Wildman–Crippen LogP) is 14.4. The van der Waals surface area contributed by atoms with Crippen molar-refractivity contribution in [1.29, 1.82) is 0 Å². The largest absolute Gasteiger partial charge is 0.456 e. The van der Waals surface area contributed by atoms with Crippen molar-refractivity contribution in [3.05, 3.63) is 188 Å². The van der Waals surface area contributed by atoms with Crippen molar-refractivity contribution in [2.24, 2.45) is 0 Å². The standard InChI is InChI=1S/C48H31NOS/c1-2-12-32(13-3-1)34-14-8-15-35(30-34)36-16-9-17-38(31-36)49(43-22-11-24-45-47(43)42-19-4-6-23-44(42)50-45)37-28-26-33(27-29-37)39-20-10-21-41-40-18-5-7-25-46(40)51-48(39)41/h1-31H. The van der Waals surface area contributed by atoms with E-state index < -0.39 is 0 Å². The first kappa shape index (κ1) is 29.5. The van der Waals surface area contributed by atoms with Crippen LogP contribution in [0.4, 0.5) is 17.1 Å². The van der Waals surface area contributed by atoms with Crippen LogP contribution in [0.3, 0.4) is 0 Å². The third-order valence-electron chi connectivity index (χ3n) is 9.87. The second-order valence-electron chi connectivity index (χ2n) is 12.9. The summed E-state index contributed by atoms with van der Waals surface area (Å²) in [6.45, 7) is 0. The fraction of sp³-hybridized carbons (Fsp3) is 0. The SMILES string of the molecule is c1ccc(-c2cccc(-c3cccc(N(c4ccc(-c5cccc6c5sc5ccccc56)cc4)c4cccc5oc6ccccc6c45)c3)c2)cc1. The molecule has 0 saturated carbocycles. The molecule has 0 unspecified atom stereocenters. The maximum absolute atomic E-state index is 6.38. The number of furan rings is 1. The molecule has 0 fully saturated rings. The number of rotatable bonds is 6. The molecule has 0 aliphatic rings. The molecule has 0 amide bonds. The second-order valence-corrected chi connectivity index (χ2v) is 14.0. The van der Waals surface area contributed by atoms with Crippen molar-refractivity contribution in [3.8, 4) is 33.4 Å². The summed E-state index contributed by atoms with van der Waals surface area (Å²) in [6, 6.07) is 67.4. The normalized spacial score (nSPS) is 11.5. The van der Waals surface area contributed by atoms with Crippen LogP contribution in [0.2, 0.25) is 0 Å². The molecule has 0 aliphatic carbocycles. The Bertz CT molecular complexity index is 2860. The Labute approximate surface area is 300 Å². The van der Waals surface area contributed by atoms with Gasteiger partial charge in [-0.15, -0.1) is 11.3 Å². The Morgan fingerprint density at radius 2 is 1.02 bits per heavy atom. The minimum absolute atomic E-state index is 0.874. The molecular weight excluding hydrogens is 639 g/mol. The van der Waals surface area contributed by atoms with E-state index in [2.05, 4.69) is 181 Å². The summed E-state index contributed by atoms with van der Waals surface area (Å²) in [6.07, 6.45) is 0. The minimum atomic E-state index is 0.874. The molecule has 0 atom stereocenters. The summed E-state index contributed by atoms with van der Waals surface area (Å²) >= 11 is 1.87. The van der Waals surface area contributed by atoms with E-state index in [0.29, 0.717) is 0 Å². The molecule has 0 spiro atoms. The molecule has 51 heavy (non-hydrogen) atoms. The lowest BCUT2D eigenvalue weighted by Crippen LogP contribution is -2.10. The molecule has 2 aromatic heterocycles. The number of nitrogens with zero attached hydrogens (tertiary/aromatic N) is 1. The first-order chi connectivity index (χ1) is 25.3. The van der Waals surface area contributed by atoms with E-state index in [1.807, 2.05) is 23.5 Å². The maximum Gasteiger partial charge on any atom is 0.137 e. The van der Waals surface area contributed by atoms with Crippen LogP contribution in [0.5, 0.6) is 0 Å². The summed E-state index contributed by atoms with van der Waals surface area (Å²) in [5.41, 5.74) is 12.2. The van der Waals surface area contributed by atoms with Crippen LogP contribution < -0.4 is 4.90 Å². The minimum Gasteiger partial charge on any atom is -0.456 e. The second kappa shape index (κ2) is 12.2. The Balaban J connectivity index is 1.13. The van der Waals surface area contributed by atoms with E-state index in [9.17, 15) is 0 Å². The number of anilines is 3. The van der Waals surface area contributed by atoms with Gasteiger partial charge in [0.05, 0.1) is 11.1 Å². The quantitative estimate of drug-likeness (QED) is 0.175. The van der Waals surface area contributed by atoms with Crippen LogP contribution in [0.25, 0.3) is 75.5 Å². The van der Waals surface area contributed by atoms with Crippen molar-refractivity contribution in [1.82, 2.24) is 0 Å². The first-order valence-electron chi connectivity index (χ1n) is 17.3. The van der Waals surface area contributed by atoms with Gasteiger partial charge in [0.1, 0.15) is 11.2 Å². The van der Waals surface area contributed by atoms with Gasteiger partial charge >= 0.3 is 0 Å². The summed E-state index contributed by atoms with van der Waals surface area (Å²) in [5, 5.41) is 4.83. The van der Waals surface area contributed by atoms with Crippen LogP contribution in [-0.2, 0) is 0 Å². The number of para-hydroxylation sites is 1. The fourth-order valence-corrected chi connectivity index (χ4v) is 8.71. The highest BCUT2D eigenvalue weighted by molar-refractivity contribution is 7.26. The first-order valence-corrected chi connectivity index (χ1v) is 18.1. The summed E-state index contributed by atoms with van der Waals surface area (Å²) < 4.78 is 9.02. The van der Waals surface area contributed by atoms with Crippen LogP contribution >= 0.6 is 11.3 Å². The van der Waals surface area contributed by atoms with Gasteiger partial charge in [0.2, 0.25) is 0 Å². The zero-order valence-corrected chi connectivity index (χ0v) is 28.5. The topological polar surface area (TPSA) is 16.4 Å². The third-order valence-corrected chi connectivity index (χ3v) is 11.1. The predicted molar refractivity (Wildman–Crippen MR) is 218 cm³/mol. The van der Waals surface area contributed by atoms with Crippen molar-refractivity contribution >= 4 is 70.5 Å². The Morgan fingerprint density at radius 3 is 1.88 bits per heavy atom. The average molecular weight is 670 g/mol. The number of fused-ring (bicyclic) bond motifs is 6. The fourth-order valence-electron chi connectivity index (χ4n) is 7.47. The number of hydrogen-bond acceptors (Lipinski definition) is 3. The van der Waals surface area contributed by atoms with E-state index in [1.54, 1.807) is 0 Å². The number of benzene rings is 8. The Hall–Kier alpha value is -6.42. The molecule has 2 heterocycles. The van der Waals surface area contributed by atoms with Gasteiger partial charge in [-0.25, -0.2) is 0 Å². The molecule has 0 aliphatic heterocycles. The van der Waals surface area contributed by atoms with Gasteiger partial charge in [-0.1, -0.05) is 133 Å². The van der Waals surface area contributed by atoms with Gasteiger partial charge in [0, 0.05) is 36.9 Å². The Morgan fingerprint density at radius 1 is 0.392 bits per heavy atom. The molecule has 0 N–H and O–H groups in total. The molecule has 0 saturated heterocycles. The van der Waals surface area contributed by atoms with Crippen molar-refractivity contribution in [2.75, 3.05) is 4.90 Å². The average Bonchev–Trinajstić information content (AvgIpc) is 3.78. The summed E-state index contributed by atoms with van der Waals surface area (Å²) in [7, 11) is 0. The highest BCUT2D eigenvalue weighted by Gasteiger charge is 2.20. The van der Waals surface area contributed by atoms with E-state index in [4.69, 9.17) is 4.42 Å². The molecule has 0 radical (unpaired) electrons. The molecule has 2 nitrogen and oxygen atoms in total. The zero-order valence-electron chi connectivity index (χ0n) is 27.7. The van der Waals surface area contributed by atoms with Crippen molar-refractivity contribution in [2.45, 2.75) is 0 Å². The molecule has 10 aromatic rings. The van der Waals surface area contributed by atoms with Gasteiger partial charge in [0.15, 0.2) is 0 Å². The lowest BCUT2D eigenvalue weighted by Gasteiger charge is -2.27. The molecule has 10 rings (SSSR count). The lowest BCUT2D eigenvalue weighted by atomic mass is 9.98. The lowest BCUT2D eigenvalue weighted by molar-refractivity contribution is 0.669. The van der Waals surface area contributed by atoms with Crippen molar-refractivity contribution < 1.29 is 4.42 Å². The van der Waals surface area contributed by atoms with E-state index in [0.717, 1.165) is 44.6 Å². The summed E-state index contributed by atoms with van der Waals surface area (Å²) in [5.74, 6) is 0. The molecule has 3 heteroatoms. The van der Waals surface area contributed by atoms with Crippen LogP contribution in [0.15, 0.2) is 192 Å². The van der Waals surface area contributed by atoms with E-state index >= 15 is 0 Å². The van der Waals surface area contributed by atoms with Crippen LogP contribution in [-0.4, -0.2) is 0 Å². The zero-order chi connectivity index (χ0) is 33.7. The number of thiophene rings is 1. The Kier molecular flexibility index (Phi) is 7.04. The molecule has 8 aromatic carbocycles. The van der Waals surface area contributed by atoms with Gasteiger partial charge in [-0.2, -0.15) is 0 Å². The molecular formula is C48H31NOS. The van der Waals surface area contributed by atoms with Gasteiger partial charge in [0.25, 0.3) is 0 Å². The highest BCUT2D eigenvalue weighted by atomic mass is 32.1. The number of hydrogen-bond donors (Lipinski definition) is 0. The highest BCUT2D eigenvalue weighted by Crippen LogP contribution is 2.45. The van der Waals surface area contributed by atoms with Crippen molar-refractivity contribution in [3.63, 3.8) is 0 Å². The van der Waals surface area contributed by atoms with Crippen LogP contribution in [0, 0.1) is 0 Å². The van der Waals surface area contributed by atoms with E-state index in [-0.39, 0.29) is 0 Å². The third kappa shape index (κ3) is 5.10. The summed E-state index contributed by atoms with van der Waals surface area (Å²) in [4.78, 5) is 2.37. The molecule has 0 bridgehead atoms. The maximum atomic E-state index is 6.38. The van der Waals surface area contributed by atoms with Gasteiger partial charge in [-0.3, -0.25) is 0 Å².